The monoisotopic (exact) mass is 320 g/mol. The number of H-pyrrole nitrogens is 1. The highest BCUT2D eigenvalue weighted by Crippen LogP contribution is 2.23. The Balaban J connectivity index is 1.48. The molecule has 24 heavy (non-hydrogen) atoms. The maximum atomic E-state index is 4.76. The molecule has 0 spiro atoms. The Morgan fingerprint density at radius 3 is 2.54 bits per heavy atom. The van der Waals surface area contributed by atoms with E-state index in [9.17, 15) is 0 Å². The zero-order valence-electron chi connectivity index (χ0n) is 14.2. The van der Waals surface area contributed by atoms with Crippen LogP contribution in [-0.2, 0) is 0 Å². The van der Waals surface area contributed by atoms with Crippen LogP contribution >= 0.6 is 0 Å². The number of aromatic amines is 1. The Kier molecular flexibility index (Phi) is 4.22. The molecule has 1 aliphatic rings. The third kappa shape index (κ3) is 3.02. The number of fused-ring (bicyclic) bond motifs is 1. The molecule has 0 bridgehead atoms. The standard InChI is InChI=1S/C20H24N4/c1-16(17-8-3-2-4-9-17)23-12-7-13-24(15-14-23)20-21-18-10-5-6-11-19(18)22-20/h2-6,8-11,16H,7,12-15H2,1H3,(H,21,22). The third-order valence-corrected chi connectivity index (χ3v) is 5.04. The van der Waals surface area contributed by atoms with Crippen LogP contribution in [0.4, 0.5) is 5.95 Å². The number of benzene rings is 2. The van der Waals surface area contributed by atoms with Crippen molar-refractivity contribution in [2.24, 2.45) is 0 Å². The summed E-state index contributed by atoms with van der Waals surface area (Å²) in [7, 11) is 0. The topological polar surface area (TPSA) is 35.2 Å². The molecule has 0 amide bonds. The van der Waals surface area contributed by atoms with E-state index in [0.29, 0.717) is 6.04 Å². The van der Waals surface area contributed by atoms with Crippen molar-refractivity contribution in [3.05, 3.63) is 60.2 Å². The number of nitrogens with one attached hydrogen (secondary N) is 1. The number of rotatable bonds is 3. The van der Waals surface area contributed by atoms with E-state index in [1.54, 1.807) is 0 Å². The lowest BCUT2D eigenvalue weighted by atomic mass is 10.1. The van der Waals surface area contributed by atoms with Gasteiger partial charge in [0.1, 0.15) is 0 Å². The van der Waals surface area contributed by atoms with E-state index in [1.807, 2.05) is 6.07 Å². The molecule has 1 atom stereocenters. The van der Waals surface area contributed by atoms with Crippen molar-refractivity contribution in [1.82, 2.24) is 14.9 Å². The Bertz CT molecular complexity index is 763. The summed E-state index contributed by atoms with van der Waals surface area (Å²) < 4.78 is 0. The van der Waals surface area contributed by atoms with Gasteiger partial charge in [-0.05, 0) is 31.0 Å². The summed E-state index contributed by atoms with van der Waals surface area (Å²) in [6, 6.07) is 19.5. The first kappa shape index (κ1) is 15.2. The van der Waals surface area contributed by atoms with Crippen molar-refractivity contribution in [3.63, 3.8) is 0 Å². The number of anilines is 1. The molecule has 0 aliphatic carbocycles. The Hall–Kier alpha value is -2.33. The van der Waals surface area contributed by atoms with Crippen LogP contribution in [0.2, 0.25) is 0 Å². The first-order valence-electron chi connectivity index (χ1n) is 8.80. The highest BCUT2D eigenvalue weighted by molar-refractivity contribution is 5.77. The van der Waals surface area contributed by atoms with Gasteiger partial charge in [0.25, 0.3) is 0 Å². The number of nitrogens with zero attached hydrogens (tertiary/aromatic N) is 3. The normalized spacial score (nSPS) is 17.8. The molecule has 1 unspecified atom stereocenters. The molecule has 4 heteroatoms. The Labute approximate surface area is 143 Å². The van der Waals surface area contributed by atoms with Gasteiger partial charge in [0.2, 0.25) is 5.95 Å². The summed E-state index contributed by atoms with van der Waals surface area (Å²) >= 11 is 0. The van der Waals surface area contributed by atoms with E-state index in [1.165, 1.54) is 5.56 Å². The molecule has 2 aromatic carbocycles. The zero-order chi connectivity index (χ0) is 16.4. The van der Waals surface area contributed by atoms with Gasteiger partial charge in [-0.3, -0.25) is 4.90 Å². The van der Waals surface area contributed by atoms with E-state index in [-0.39, 0.29) is 0 Å². The largest absolute Gasteiger partial charge is 0.341 e. The molecular weight excluding hydrogens is 296 g/mol. The zero-order valence-corrected chi connectivity index (χ0v) is 14.2. The minimum absolute atomic E-state index is 0.460. The summed E-state index contributed by atoms with van der Waals surface area (Å²) in [4.78, 5) is 13.2. The fraction of sp³-hybridized carbons (Fsp3) is 0.350. The Morgan fingerprint density at radius 1 is 0.917 bits per heavy atom. The molecule has 1 aromatic heterocycles. The maximum Gasteiger partial charge on any atom is 0.203 e. The van der Waals surface area contributed by atoms with Crippen molar-refractivity contribution in [1.29, 1.82) is 0 Å². The van der Waals surface area contributed by atoms with E-state index >= 15 is 0 Å². The van der Waals surface area contributed by atoms with Gasteiger partial charge in [-0.15, -0.1) is 0 Å². The van der Waals surface area contributed by atoms with Crippen LogP contribution in [0.1, 0.15) is 24.9 Å². The SMILES string of the molecule is CC(c1ccccc1)N1CCCN(c2nc3ccccc3[nH]2)CC1. The molecule has 4 rings (SSSR count). The number of aromatic nitrogens is 2. The number of imidazole rings is 1. The van der Waals surface area contributed by atoms with E-state index < -0.39 is 0 Å². The van der Waals surface area contributed by atoms with Gasteiger partial charge < -0.3 is 9.88 Å². The highest BCUT2D eigenvalue weighted by atomic mass is 15.3. The minimum atomic E-state index is 0.460. The van der Waals surface area contributed by atoms with Crippen LogP contribution in [0, 0.1) is 0 Å². The average Bonchev–Trinajstić information content (AvgIpc) is 2.91. The van der Waals surface area contributed by atoms with Gasteiger partial charge in [0, 0.05) is 32.2 Å². The maximum absolute atomic E-state index is 4.76. The summed E-state index contributed by atoms with van der Waals surface area (Å²) in [5, 5.41) is 0. The Morgan fingerprint density at radius 2 is 1.71 bits per heavy atom. The van der Waals surface area contributed by atoms with Crippen molar-refractivity contribution >= 4 is 17.0 Å². The minimum Gasteiger partial charge on any atom is -0.341 e. The molecule has 4 nitrogen and oxygen atoms in total. The van der Waals surface area contributed by atoms with Gasteiger partial charge in [-0.25, -0.2) is 4.98 Å². The van der Waals surface area contributed by atoms with Crippen molar-refractivity contribution < 1.29 is 0 Å². The van der Waals surface area contributed by atoms with Gasteiger partial charge in [-0.1, -0.05) is 42.5 Å². The van der Waals surface area contributed by atoms with Crippen LogP contribution < -0.4 is 4.90 Å². The summed E-state index contributed by atoms with van der Waals surface area (Å²) in [5.41, 5.74) is 3.56. The first-order chi connectivity index (χ1) is 11.8. The van der Waals surface area contributed by atoms with Crippen LogP contribution in [0.15, 0.2) is 54.6 Å². The van der Waals surface area contributed by atoms with Crippen molar-refractivity contribution in [2.75, 3.05) is 31.1 Å². The molecule has 1 aliphatic heterocycles. The smallest absolute Gasteiger partial charge is 0.203 e. The summed E-state index contributed by atoms with van der Waals surface area (Å²) in [5.74, 6) is 1.01. The van der Waals surface area contributed by atoms with Gasteiger partial charge in [-0.2, -0.15) is 0 Å². The van der Waals surface area contributed by atoms with E-state index in [2.05, 4.69) is 70.2 Å². The molecule has 0 radical (unpaired) electrons. The second kappa shape index (κ2) is 6.65. The lowest BCUT2D eigenvalue weighted by Crippen LogP contribution is -2.32. The van der Waals surface area contributed by atoms with Gasteiger partial charge >= 0.3 is 0 Å². The van der Waals surface area contributed by atoms with Crippen LogP contribution in [-0.4, -0.2) is 41.0 Å². The number of hydrogen-bond donors (Lipinski definition) is 1. The summed E-state index contributed by atoms with van der Waals surface area (Å²) in [6.07, 6.45) is 1.16. The quantitative estimate of drug-likeness (QED) is 0.796. The lowest BCUT2D eigenvalue weighted by Gasteiger charge is -2.28. The van der Waals surface area contributed by atoms with Gasteiger partial charge in [0.15, 0.2) is 0 Å². The second-order valence-corrected chi connectivity index (χ2v) is 6.54. The van der Waals surface area contributed by atoms with E-state index in [4.69, 9.17) is 4.98 Å². The first-order valence-corrected chi connectivity index (χ1v) is 8.80. The van der Waals surface area contributed by atoms with Crippen molar-refractivity contribution in [2.45, 2.75) is 19.4 Å². The van der Waals surface area contributed by atoms with Crippen LogP contribution in [0.3, 0.4) is 0 Å². The molecule has 2 heterocycles. The molecule has 1 fully saturated rings. The van der Waals surface area contributed by atoms with Crippen LogP contribution in [0.25, 0.3) is 11.0 Å². The van der Waals surface area contributed by atoms with Crippen molar-refractivity contribution in [3.8, 4) is 0 Å². The van der Waals surface area contributed by atoms with E-state index in [0.717, 1.165) is 49.6 Å². The fourth-order valence-electron chi connectivity index (χ4n) is 3.57. The fourth-order valence-corrected chi connectivity index (χ4v) is 3.57. The molecule has 3 aromatic rings. The van der Waals surface area contributed by atoms with Crippen LogP contribution in [0.5, 0.6) is 0 Å². The predicted octanol–water partition coefficient (Wildman–Crippen LogP) is 3.84. The molecule has 124 valence electrons. The predicted molar refractivity (Wildman–Crippen MR) is 99.4 cm³/mol. The number of para-hydroxylation sites is 2. The lowest BCUT2D eigenvalue weighted by molar-refractivity contribution is 0.226. The average molecular weight is 320 g/mol. The molecule has 1 saturated heterocycles. The summed E-state index contributed by atoms with van der Waals surface area (Å²) in [6.45, 7) is 6.57. The number of hydrogen-bond acceptors (Lipinski definition) is 3. The second-order valence-electron chi connectivity index (χ2n) is 6.54. The third-order valence-electron chi connectivity index (χ3n) is 5.04. The van der Waals surface area contributed by atoms with Gasteiger partial charge in [0.05, 0.1) is 11.0 Å². The highest BCUT2D eigenvalue weighted by Gasteiger charge is 2.21. The molecule has 0 saturated carbocycles. The molecular formula is C20H24N4. The molecule has 1 N–H and O–H groups in total.